The Morgan fingerprint density at radius 1 is 1.30 bits per heavy atom. The number of benzene rings is 1. The van der Waals surface area contributed by atoms with Gasteiger partial charge in [-0.05, 0) is 0 Å². The Kier molecular flexibility index (Phi) is 4.04. The molecule has 0 bridgehead atoms. The summed E-state index contributed by atoms with van der Waals surface area (Å²) in [5.41, 5.74) is 3.20. The topological polar surface area (TPSA) is 29.5 Å². The van der Waals surface area contributed by atoms with Gasteiger partial charge in [-0.1, -0.05) is 0 Å². The second-order valence-corrected chi connectivity index (χ2v) is 9.82. The van der Waals surface area contributed by atoms with Gasteiger partial charge in [-0.25, -0.2) is 0 Å². The molecule has 2 fully saturated rings. The molecule has 4 rings (SSSR count). The number of ether oxygens (including phenoxy) is 1. The van der Waals surface area contributed by atoms with Crippen LogP contribution in [0.25, 0.3) is 0 Å². The molecular weight excluding hydrogens is 391 g/mol. The van der Waals surface area contributed by atoms with Gasteiger partial charge in [0.25, 0.3) is 0 Å². The average molecular weight is 417 g/mol. The first-order chi connectivity index (χ1) is 11.0. The van der Waals surface area contributed by atoms with E-state index in [1.54, 1.807) is 5.56 Å². The van der Waals surface area contributed by atoms with Gasteiger partial charge in [0.05, 0.1) is 0 Å². The van der Waals surface area contributed by atoms with E-state index < -0.39 is 0 Å². The molecule has 3 aliphatic carbocycles. The number of fused-ring (bicyclic) bond motifs is 5. The monoisotopic (exact) mass is 418 g/mol. The first kappa shape index (κ1) is 16.0. The molecule has 1 N–H and O–H groups in total. The molecule has 0 unspecified atom stereocenters. The van der Waals surface area contributed by atoms with Crippen LogP contribution in [-0.4, -0.2) is 33.7 Å². The van der Waals surface area contributed by atoms with Crippen molar-refractivity contribution in [2.45, 2.75) is 57.5 Å². The van der Waals surface area contributed by atoms with Crippen molar-refractivity contribution in [3.05, 3.63) is 39.7 Å². The van der Waals surface area contributed by atoms with E-state index in [2.05, 4.69) is 31.7 Å². The molecule has 2 radical (unpaired) electrons. The van der Waals surface area contributed by atoms with Crippen LogP contribution >= 0.6 is 0 Å². The predicted octanol–water partition coefficient (Wildman–Crippen LogP) is 3.65. The molecule has 2 saturated carbocycles. The zero-order chi connectivity index (χ0) is 16.2. The molecule has 3 heteroatoms. The minimum atomic E-state index is -0.0786. The summed E-state index contributed by atoms with van der Waals surface area (Å²) in [5, 5.41) is 10.5. The Balaban J connectivity index is 1.63. The van der Waals surface area contributed by atoms with E-state index in [9.17, 15) is 5.11 Å². The van der Waals surface area contributed by atoms with Gasteiger partial charge in [0.2, 0.25) is 0 Å². The van der Waals surface area contributed by atoms with E-state index in [1.165, 1.54) is 31.2 Å². The van der Waals surface area contributed by atoms with Crippen molar-refractivity contribution < 1.29 is 9.84 Å². The van der Waals surface area contributed by atoms with Gasteiger partial charge < -0.3 is 0 Å². The number of rotatable bonds is 2. The fourth-order valence-corrected chi connectivity index (χ4v) is 6.13. The Hall–Kier alpha value is -0.481. The summed E-state index contributed by atoms with van der Waals surface area (Å²) in [6.07, 6.45) is 6.98. The fraction of sp³-hybridized carbons (Fsp3) is 0.600. The van der Waals surface area contributed by atoms with Gasteiger partial charge >= 0.3 is 153 Å². The summed E-state index contributed by atoms with van der Waals surface area (Å²) in [5.74, 6) is 3.12. The summed E-state index contributed by atoms with van der Waals surface area (Å²) in [6, 6.07) is 6.67. The minimum absolute atomic E-state index is 0.0786. The molecular formula is C20H26O2Sn. The third-order valence-corrected chi connectivity index (χ3v) is 7.23. The molecule has 0 aromatic heterocycles. The van der Waals surface area contributed by atoms with Gasteiger partial charge in [0.15, 0.2) is 0 Å². The number of aliphatic hydroxyl groups is 1. The first-order valence-electron chi connectivity index (χ1n) is 8.92. The van der Waals surface area contributed by atoms with Crippen molar-refractivity contribution in [1.29, 1.82) is 0 Å². The molecule has 2 nitrogen and oxygen atoms in total. The fourth-order valence-electron chi connectivity index (χ4n) is 5.75. The van der Waals surface area contributed by atoms with Gasteiger partial charge in [0, 0.05) is 0 Å². The number of aryl methyl sites for hydroxylation is 1. The van der Waals surface area contributed by atoms with E-state index in [0.717, 1.165) is 50.8 Å². The van der Waals surface area contributed by atoms with Gasteiger partial charge in [0.1, 0.15) is 0 Å². The molecule has 122 valence electrons. The molecule has 0 spiro atoms. The van der Waals surface area contributed by atoms with Gasteiger partial charge in [-0.3, -0.25) is 0 Å². The third kappa shape index (κ3) is 2.57. The van der Waals surface area contributed by atoms with Crippen LogP contribution in [0, 0.1) is 17.3 Å². The average Bonchev–Trinajstić information content (AvgIpc) is 2.82. The quantitative estimate of drug-likeness (QED) is 0.588. The van der Waals surface area contributed by atoms with E-state index in [4.69, 9.17) is 4.74 Å². The zero-order valence-electron chi connectivity index (χ0n) is 13.9. The van der Waals surface area contributed by atoms with Crippen molar-refractivity contribution in [2.75, 3.05) is 0 Å². The van der Waals surface area contributed by atoms with Crippen LogP contribution in [-0.2, 0) is 6.42 Å². The number of hydrogen-bond donors (Lipinski definition) is 1. The van der Waals surface area contributed by atoms with Crippen molar-refractivity contribution in [3.63, 3.8) is 0 Å². The van der Waals surface area contributed by atoms with E-state index in [0.29, 0.717) is 11.8 Å². The van der Waals surface area contributed by atoms with Crippen molar-refractivity contribution in [2.24, 2.45) is 17.3 Å². The van der Waals surface area contributed by atoms with Gasteiger partial charge in [-0.15, -0.1) is 0 Å². The third-order valence-electron chi connectivity index (χ3n) is 6.90. The van der Waals surface area contributed by atoms with Crippen molar-refractivity contribution >= 4 is 22.5 Å². The summed E-state index contributed by atoms with van der Waals surface area (Å²) in [6.45, 7) is 6.23. The predicted molar refractivity (Wildman–Crippen MR) is 94.0 cm³/mol. The van der Waals surface area contributed by atoms with Crippen LogP contribution in [0.15, 0.2) is 28.6 Å². The zero-order valence-corrected chi connectivity index (χ0v) is 17.2. The molecule has 23 heavy (non-hydrogen) atoms. The van der Waals surface area contributed by atoms with Crippen LogP contribution in [0.2, 0.25) is 0 Å². The second kappa shape index (κ2) is 5.80. The van der Waals surface area contributed by atoms with Crippen LogP contribution in [0.4, 0.5) is 0 Å². The maximum atomic E-state index is 10.5. The molecule has 0 aliphatic heterocycles. The van der Waals surface area contributed by atoms with Crippen molar-refractivity contribution in [3.8, 4) is 5.75 Å². The second-order valence-electron chi connectivity index (χ2n) is 7.98. The van der Waals surface area contributed by atoms with E-state index in [-0.39, 0.29) is 11.5 Å². The summed E-state index contributed by atoms with van der Waals surface area (Å²) < 4.78 is 6.62. The van der Waals surface area contributed by atoms with Crippen LogP contribution in [0.1, 0.15) is 56.1 Å². The SMILES string of the molecule is C=[C]([SnH])Oc1ccc2c(c1)CC[C@@H]1[C@@H]2CC[C@]2(C)[C@@H](O)CC[C@@H]12. The first-order valence-corrected chi connectivity index (χ1v) is 10.6. The molecule has 0 heterocycles. The number of aliphatic hydroxyl groups excluding tert-OH is 1. The molecule has 0 amide bonds. The Morgan fingerprint density at radius 2 is 2.13 bits per heavy atom. The maximum absolute atomic E-state index is 10.5. The normalized spacial score (nSPS) is 38.4. The molecule has 1 aromatic carbocycles. The van der Waals surface area contributed by atoms with E-state index >= 15 is 0 Å². The number of hydrogen-bond acceptors (Lipinski definition) is 2. The Bertz CT molecular complexity index is 641. The van der Waals surface area contributed by atoms with Crippen LogP contribution < -0.4 is 4.74 Å². The summed E-state index contributed by atoms with van der Waals surface area (Å²) in [4.78, 5) is 0. The Morgan fingerprint density at radius 3 is 2.91 bits per heavy atom. The Labute approximate surface area is 152 Å². The summed E-state index contributed by atoms with van der Waals surface area (Å²) >= 11 is 0.940. The van der Waals surface area contributed by atoms with Crippen molar-refractivity contribution in [1.82, 2.24) is 0 Å². The van der Waals surface area contributed by atoms with Gasteiger partial charge in [-0.2, -0.15) is 0 Å². The molecule has 1 aromatic rings. The van der Waals surface area contributed by atoms with E-state index in [1.807, 2.05) is 0 Å². The molecule has 3 aliphatic rings. The van der Waals surface area contributed by atoms with Crippen LogP contribution in [0.3, 0.4) is 0 Å². The van der Waals surface area contributed by atoms with Crippen LogP contribution in [0.5, 0.6) is 5.75 Å². The molecule has 0 saturated heterocycles. The standard InChI is InChI=1S/C20H25O2.Sn.H/c1-3-22-14-5-7-15-13(12-14)4-6-17-16(15)10-11-20(2)18(17)8-9-19(20)21;;/h5,7,12,16-19,21H,1,4,6,8-11H2,2H3;;/t16-,17-,18+,19+,20+;;/m1../s1. The molecule has 5 atom stereocenters. The summed E-state index contributed by atoms with van der Waals surface area (Å²) in [7, 11) is 0.